The van der Waals surface area contributed by atoms with E-state index in [4.69, 9.17) is 61.6 Å². The summed E-state index contributed by atoms with van der Waals surface area (Å²) in [6.07, 6.45) is -61.5. The molecule has 7 aliphatic rings. The molecule has 0 aromatic carbocycles. The van der Waals surface area contributed by atoms with E-state index in [0.717, 1.165) is 20.8 Å². The Balaban J connectivity index is 1.06. The Labute approximate surface area is 492 Å². The molecule has 39 heteroatoms. The average molecular weight is 1280 g/mol. The summed E-state index contributed by atoms with van der Waals surface area (Å²) in [5, 5.41) is 223. The van der Waals surface area contributed by atoms with Gasteiger partial charge in [0.1, 0.15) is 171 Å². The third kappa shape index (κ3) is 15.8. The first-order chi connectivity index (χ1) is 41.1. The third-order valence-corrected chi connectivity index (χ3v) is 15.7. The molecule has 39 nitrogen and oxygen atoms in total. The maximum absolute atomic E-state index is 12.9. The molecule has 35 atom stereocenters. The number of carbonyl (C=O) groups is 3. The Morgan fingerprint density at radius 3 is 1.13 bits per heavy atom. The number of ether oxygens (including phenoxy) is 13. The van der Waals surface area contributed by atoms with Crippen molar-refractivity contribution < 1.29 is 178 Å². The first kappa shape index (κ1) is 71.5. The summed E-state index contributed by atoms with van der Waals surface area (Å²) >= 11 is 0. The van der Waals surface area contributed by atoms with Gasteiger partial charge in [-0.15, -0.1) is 0 Å². The summed E-state index contributed by atoms with van der Waals surface area (Å²) in [5.74, 6) is -2.48. The van der Waals surface area contributed by atoms with Gasteiger partial charge in [0.05, 0.1) is 46.2 Å². The summed E-state index contributed by atoms with van der Waals surface area (Å²) in [6, 6.07) is -5.15. The second-order valence-corrected chi connectivity index (χ2v) is 21.8. The Morgan fingerprint density at radius 1 is 0.299 bits per heavy atom. The first-order valence-electron chi connectivity index (χ1n) is 27.6. The number of hydrogen-bond acceptors (Lipinski definition) is 36. The largest absolute Gasteiger partial charge is 0.394 e. The van der Waals surface area contributed by atoms with E-state index in [9.17, 15) is 117 Å². The highest BCUT2D eigenvalue weighted by Crippen LogP contribution is 2.37. The van der Waals surface area contributed by atoms with Gasteiger partial charge >= 0.3 is 0 Å². The second kappa shape index (κ2) is 31.1. The maximum Gasteiger partial charge on any atom is 0.217 e. The standard InChI is InChI=1S/C48H81N3O36/c1-11(58)49-21-28(65)24(61)14(4-52)77-43(21)83-37-18(8-56)80-44(22(29(37)66)50-12(2)59)86-40-23(51-13(3)60)45(78-16(6-54)27(40)64)84-38-19(9-57)81-48(35(72)32(38)69)87-41-36(73)39(17(7-55)76-42(41)74)85-47-34(71)31(68)26(63)20(82-47)10-75-46-33(70)30(67)25(62)15(5-53)79-46/h14-48,52-57,61-74H,4-10H2,1-3H3,(H,49,58)(H,50,59)(H,51,60)/t14-,15-,16-,17-,18-,19-,20-,21-,22-,23-,24+,25-,26-,27-,28-,29-,30+,31+,32-,33-,34-,35-,36+,37+,38-,39-,40-,41-,42+,43+,44+,45+,46+,47+,48-/m1/s1. The van der Waals surface area contributed by atoms with Crippen molar-refractivity contribution in [1.29, 1.82) is 0 Å². The van der Waals surface area contributed by atoms with Crippen LogP contribution in [0.25, 0.3) is 0 Å². The molecule has 0 saturated carbocycles. The molecule has 0 radical (unpaired) electrons. The highest BCUT2D eigenvalue weighted by molar-refractivity contribution is 5.74. The third-order valence-electron chi connectivity index (χ3n) is 15.7. The lowest BCUT2D eigenvalue weighted by Crippen LogP contribution is -2.72. The van der Waals surface area contributed by atoms with Crippen molar-refractivity contribution in [3.63, 3.8) is 0 Å². The van der Waals surface area contributed by atoms with E-state index >= 15 is 0 Å². The zero-order valence-corrected chi connectivity index (χ0v) is 46.6. The summed E-state index contributed by atoms with van der Waals surface area (Å²) in [5.41, 5.74) is 0. The normalized spacial score (nSPS) is 48.9. The van der Waals surface area contributed by atoms with Crippen LogP contribution >= 0.6 is 0 Å². The maximum atomic E-state index is 12.9. The molecule has 3 amide bonds. The molecule has 7 rings (SSSR count). The van der Waals surface area contributed by atoms with Gasteiger partial charge in [0.25, 0.3) is 0 Å². The van der Waals surface area contributed by atoms with Crippen LogP contribution in [0.1, 0.15) is 20.8 Å². The smallest absolute Gasteiger partial charge is 0.217 e. The monoisotopic (exact) mass is 1280 g/mol. The van der Waals surface area contributed by atoms with Crippen LogP contribution in [-0.2, 0) is 76.0 Å². The fourth-order valence-electron chi connectivity index (χ4n) is 11.1. The van der Waals surface area contributed by atoms with Gasteiger partial charge in [-0.3, -0.25) is 14.4 Å². The number of aliphatic hydroxyl groups is 20. The number of carbonyl (C=O) groups excluding carboxylic acids is 3. The number of amides is 3. The molecule has 0 bridgehead atoms. The molecule has 7 aliphatic heterocycles. The van der Waals surface area contributed by atoms with E-state index < -0.39 is 279 Å². The van der Waals surface area contributed by atoms with Gasteiger partial charge in [-0.2, -0.15) is 0 Å². The molecular weight excluding hydrogens is 1190 g/mol. The van der Waals surface area contributed by atoms with Gasteiger partial charge in [-0.25, -0.2) is 0 Å². The Kier molecular flexibility index (Phi) is 25.6. The second-order valence-electron chi connectivity index (χ2n) is 21.8. The molecule has 0 aromatic rings. The number of nitrogens with one attached hydrogen (secondary N) is 3. The first-order valence-corrected chi connectivity index (χ1v) is 27.6. The van der Waals surface area contributed by atoms with Crippen molar-refractivity contribution in [2.75, 3.05) is 46.2 Å². The predicted molar refractivity (Wildman–Crippen MR) is 267 cm³/mol. The molecule has 0 spiro atoms. The number of aliphatic hydroxyl groups excluding tert-OH is 20. The van der Waals surface area contributed by atoms with Gasteiger partial charge < -0.3 is 180 Å². The van der Waals surface area contributed by atoms with E-state index in [1.807, 2.05) is 0 Å². The quantitative estimate of drug-likeness (QED) is 0.0479. The number of hydrogen-bond donors (Lipinski definition) is 23. The van der Waals surface area contributed by atoms with Crippen LogP contribution in [0.5, 0.6) is 0 Å². The average Bonchev–Trinajstić information content (AvgIpc) is 1.18. The van der Waals surface area contributed by atoms with E-state index in [1.165, 1.54) is 0 Å². The zero-order chi connectivity index (χ0) is 64.2. The van der Waals surface area contributed by atoms with E-state index in [0.29, 0.717) is 0 Å². The highest BCUT2D eigenvalue weighted by atomic mass is 16.8. The molecular formula is C48H81N3O36. The fourth-order valence-corrected chi connectivity index (χ4v) is 11.1. The molecule has 0 aromatic heterocycles. The SMILES string of the molecule is CC(=O)N[C@H]1[C@H](O[C@H]2[C@H](O)[C@@H](CO)O[C@@H](O[C@H]3[C@H](O)[C@@H](O)[C@@H](O[C@@H]4[C@@H](O)[C@H](O[C@@H]5O[C@H](CO[C@H]6O[C@H](CO)[C@@H](O)[C@H](O)[C@H]6O)[C@@H](O)[C@H](O)[C@H]5O)[C@@H](CO)O[C@@H]4O)O[C@@H]3CO)[C@@H]2NC(C)=O)O[C@H](CO)[C@H](O[C@@H]2O[C@H](CO)[C@H](O)[C@H](O)[C@H]2NC(C)=O)[C@@H]1O. The molecule has 504 valence electrons. The minimum Gasteiger partial charge on any atom is -0.394 e. The van der Waals surface area contributed by atoms with Gasteiger partial charge in [-0.05, 0) is 0 Å². The van der Waals surface area contributed by atoms with Crippen molar-refractivity contribution in [2.45, 2.75) is 236 Å². The molecule has 23 N–H and O–H groups in total. The highest BCUT2D eigenvalue weighted by Gasteiger charge is 2.59. The Morgan fingerprint density at radius 2 is 0.621 bits per heavy atom. The predicted octanol–water partition coefficient (Wildman–Crippen LogP) is -15.8. The van der Waals surface area contributed by atoms with Gasteiger partial charge in [0.2, 0.25) is 17.7 Å². The summed E-state index contributed by atoms with van der Waals surface area (Å²) in [4.78, 5) is 37.7. The Hall–Kier alpha value is -2.91. The van der Waals surface area contributed by atoms with Crippen LogP contribution in [0, 0.1) is 0 Å². The molecule has 0 unspecified atom stereocenters. The van der Waals surface area contributed by atoms with Crippen LogP contribution in [0.4, 0.5) is 0 Å². The lowest BCUT2D eigenvalue weighted by molar-refractivity contribution is -0.392. The molecule has 7 fully saturated rings. The summed E-state index contributed by atoms with van der Waals surface area (Å²) in [6.45, 7) is -3.67. The van der Waals surface area contributed by atoms with E-state index in [1.54, 1.807) is 0 Å². The summed E-state index contributed by atoms with van der Waals surface area (Å²) in [7, 11) is 0. The van der Waals surface area contributed by atoms with Crippen molar-refractivity contribution in [2.24, 2.45) is 0 Å². The van der Waals surface area contributed by atoms with Crippen molar-refractivity contribution >= 4 is 17.7 Å². The van der Waals surface area contributed by atoms with Crippen molar-refractivity contribution in [3.05, 3.63) is 0 Å². The lowest BCUT2D eigenvalue weighted by atomic mass is 9.93. The molecule has 7 heterocycles. The van der Waals surface area contributed by atoms with Crippen LogP contribution in [0.15, 0.2) is 0 Å². The molecule has 7 saturated heterocycles. The topological polar surface area (TPSA) is 612 Å². The van der Waals surface area contributed by atoms with Crippen molar-refractivity contribution in [1.82, 2.24) is 16.0 Å². The summed E-state index contributed by atoms with van der Waals surface area (Å²) < 4.78 is 74.7. The van der Waals surface area contributed by atoms with Gasteiger partial charge in [0.15, 0.2) is 44.0 Å². The Bertz CT molecular complexity index is 2190. The van der Waals surface area contributed by atoms with Crippen molar-refractivity contribution in [3.8, 4) is 0 Å². The lowest BCUT2D eigenvalue weighted by Gasteiger charge is -2.51. The van der Waals surface area contributed by atoms with Gasteiger partial charge in [0, 0.05) is 20.8 Å². The van der Waals surface area contributed by atoms with E-state index in [-0.39, 0.29) is 0 Å². The van der Waals surface area contributed by atoms with E-state index in [2.05, 4.69) is 16.0 Å². The fraction of sp³-hybridized carbons (Fsp3) is 0.938. The van der Waals surface area contributed by atoms with Crippen LogP contribution in [0.3, 0.4) is 0 Å². The number of rotatable bonds is 22. The van der Waals surface area contributed by atoms with Crippen LogP contribution < -0.4 is 16.0 Å². The van der Waals surface area contributed by atoms with Gasteiger partial charge in [-0.1, -0.05) is 0 Å². The molecule has 0 aliphatic carbocycles. The minimum absolute atomic E-state index is 0.745. The minimum atomic E-state index is -2.32. The van der Waals surface area contributed by atoms with Crippen LogP contribution in [-0.4, -0.2) is 381 Å². The van der Waals surface area contributed by atoms with Crippen LogP contribution in [0.2, 0.25) is 0 Å². The zero-order valence-electron chi connectivity index (χ0n) is 46.6. The molecule has 87 heavy (non-hydrogen) atoms.